The third kappa shape index (κ3) is 7.81. The number of aliphatic imine (C=N–C) groups is 1. The largest absolute Gasteiger partial charge is 0.480 e. The van der Waals surface area contributed by atoms with Crippen molar-refractivity contribution in [2.24, 2.45) is 10.9 Å². The molecule has 1 aliphatic heterocycles. The third-order valence-corrected chi connectivity index (χ3v) is 4.75. The monoisotopic (exact) mass is 392 g/mol. The Balaban J connectivity index is 1.98. The normalized spacial score (nSPS) is 19.3. The van der Waals surface area contributed by atoms with Gasteiger partial charge < -0.3 is 15.7 Å². The van der Waals surface area contributed by atoms with E-state index in [2.05, 4.69) is 52.4 Å². The van der Waals surface area contributed by atoms with Gasteiger partial charge in [-0.3, -0.25) is 4.90 Å². The van der Waals surface area contributed by atoms with Crippen molar-refractivity contribution < 1.29 is 9.90 Å². The number of guanidine groups is 1. The van der Waals surface area contributed by atoms with Crippen LogP contribution in [0.4, 0.5) is 0 Å². The summed E-state index contributed by atoms with van der Waals surface area (Å²) < 4.78 is 0. The Morgan fingerprint density at radius 3 is 2.74 bits per heavy atom. The van der Waals surface area contributed by atoms with Gasteiger partial charge in [0.1, 0.15) is 6.04 Å². The molecule has 6 nitrogen and oxygen atoms in total. The van der Waals surface area contributed by atoms with E-state index in [4.69, 9.17) is 4.99 Å². The highest BCUT2D eigenvalue weighted by Gasteiger charge is 2.24. The smallest absolute Gasteiger partial charge is 0.326 e. The van der Waals surface area contributed by atoms with E-state index < -0.39 is 12.0 Å². The molecule has 27 heavy (non-hydrogen) atoms. The van der Waals surface area contributed by atoms with E-state index in [-0.39, 0.29) is 12.0 Å². The quantitative estimate of drug-likeness (QED) is 0.295. The molecule has 1 heterocycles. The van der Waals surface area contributed by atoms with Crippen molar-refractivity contribution in [1.29, 1.82) is 0 Å². The summed E-state index contributed by atoms with van der Waals surface area (Å²) in [5.74, 6) is 0.676. The predicted octanol–water partition coefficient (Wildman–Crippen LogP) is 2.23. The molecule has 0 aromatic heterocycles. The zero-order valence-electron chi connectivity index (χ0n) is 16.3. The molecule has 0 saturated carbocycles. The Labute approximate surface area is 167 Å². The van der Waals surface area contributed by atoms with Gasteiger partial charge in [0.25, 0.3) is 0 Å². The van der Waals surface area contributed by atoms with Crippen LogP contribution in [-0.2, 0) is 11.3 Å². The van der Waals surface area contributed by atoms with Crippen LogP contribution in [0.2, 0.25) is 0 Å². The average molecular weight is 393 g/mol. The van der Waals surface area contributed by atoms with Crippen molar-refractivity contribution >= 4 is 24.6 Å². The van der Waals surface area contributed by atoms with Gasteiger partial charge in [0.2, 0.25) is 0 Å². The van der Waals surface area contributed by atoms with Crippen LogP contribution in [0.15, 0.2) is 35.3 Å². The number of carbonyl (C=O) groups is 1. The van der Waals surface area contributed by atoms with Gasteiger partial charge in [-0.25, -0.2) is 9.79 Å². The summed E-state index contributed by atoms with van der Waals surface area (Å²) in [7, 11) is 0. The molecular formula is C20H32N4O2S. The van der Waals surface area contributed by atoms with Gasteiger partial charge >= 0.3 is 5.97 Å². The lowest BCUT2D eigenvalue weighted by Gasteiger charge is -2.21. The molecule has 3 N–H and O–H groups in total. The zero-order chi connectivity index (χ0) is 19.6. The highest BCUT2D eigenvalue weighted by atomic mass is 32.1. The van der Waals surface area contributed by atoms with Crippen molar-refractivity contribution in [3.63, 3.8) is 0 Å². The van der Waals surface area contributed by atoms with E-state index in [0.717, 1.165) is 26.1 Å². The SMILES string of the molecule is CC(C)CC(NC(=NC1CCN(Cc2ccccc2)C1)NCCS)C(=O)O. The first kappa shape index (κ1) is 21.6. The fourth-order valence-corrected chi connectivity index (χ4v) is 3.36. The second-order valence-electron chi connectivity index (χ2n) is 7.46. The van der Waals surface area contributed by atoms with Crippen LogP contribution in [-0.4, -0.2) is 59.4 Å². The van der Waals surface area contributed by atoms with Crippen molar-refractivity contribution in [3.8, 4) is 0 Å². The Morgan fingerprint density at radius 2 is 2.11 bits per heavy atom. The number of nitrogens with one attached hydrogen (secondary N) is 2. The molecule has 1 saturated heterocycles. The van der Waals surface area contributed by atoms with E-state index in [9.17, 15) is 9.90 Å². The number of thiol groups is 1. The molecule has 7 heteroatoms. The maximum absolute atomic E-state index is 11.6. The molecule has 1 aromatic rings. The van der Waals surface area contributed by atoms with Crippen molar-refractivity contribution in [2.45, 2.75) is 45.3 Å². The lowest BCUT2D eigenvalue weighted by atomic mass is 10.0. The van der Waals surface area contributed by atoms with Crippen LogP contribution in [0.5, 0.6) is 0 Å². The fraction of sp³-hybridized carbons (Fsp3) is 0.600. The Morgan fingerprint density at radius 1 is 1.37 bits per heavy atom. The Bertz CT molecular complexity index is 609. The van der Waals surface area contributed by atoms with Crippen LogP contribution in [0.3, 0.4) is 0 Å². The third-order valence-electron chi connectivity index (χ3n) is 4.53. The standard InChI is InChI=1S/C20H32N4O2S/c1-15(2)12-18(19(25)26)23-20(21-9-11-27)22-17-8-10-24(14-17)13-16-6-4-3-5-7-16/h3-7,15,17-18,27H,8-14H2,1-2H3,(H,25,26)(H2,21,22,23). The first-order chi connectivity index (χ1) is 13.0. The molecule has 1 aliphatic rings. The predicted molar refractivity (Wildman–Crippen MR) is 113 cm³/mol. The minimum atomic E-state index is -0.846. The number of aliphatic carboxylic acids is 1. The molecule has 150 valence electrons. The number of hydrogen-bond donors (Lipinski definition) is 4. The van der Waals surface area contributed by atoms with Crippen molar-refractivity contribution in [3.05, 3.63) is 35.9 Å². The van der Waals surface area contributed by atoms with Gasteiger partial charge in [-0.15, -0.1) is 0 Å². The van der Waals surface area contributed by atoms with Crippen LogP contribution in [0.1, 0.15) is 32.3 Å². The van der Waals surface area contributed by atoms with Crippen LogP contribution in [0, 0.1) is 5.92 Å². The summed E-state index contributed by atoms with van der Waals surface area (Å²) in [5.41, 5.74) is 1.30. The van der Waals surface area contributed by atoms with E-state index in [1.54, 1.807) is 0 Å². The number of carboxylic acids is 1. The van der Waals surface area contributed by atoms with E-state index in [0.29, 0.717) is 24.7 Å². The van der Waals surface area contributed by atoms with Crippen molar-refractivity contribution in [1.82, 2.24) is 15.5 Å². The number of benzene rings is 1. The maximum Gasteiger partial charge on any atom is 0.326 e. The summed E-state index contributed by atoms with van der Waals surface area (Å²) in [5, 5.41) is 15.8. The van der Waals surface area contributed by atoms with Crippen LogP contribution < -0.4 is 10.6 Å². The number of nitrogens with zero attached hydrogens (tertiary/aromatic N) is 2. The molecular weight excluding hydrogens is 360 g/mol. The van der Waals surface area contributed by atoms with Gasteiger partial charge in [-0.1, -0.05) is 44.2 Å². The number of likely N-dealkylation sites (tertiary alicyclic amines) is 1. The summed E-state index contributed by atoms with van der Waals surface area (Å²) in [6.07, 6.45) is 1.53. The molecule has 0 aliphatic carbocycles. The number of rotatable bonds is 9. The summed E-state index contributed by atoms with van der Waals surface area (Å²) in [6, 6.07) is 9.95. The van der Waals surface area contributed by atoms with Gasteiger partial charge in [0, 0.05) is 31.9 Å². The second-order valence-corrected chi connectivity index (χ2v) is 7.90. The average Bonchev–Trinajstić information content (AvgIpc) is 3.06. The van der Waals surface area contributed by atoms with Crippen molar-refractivity contribution in [2.75, 3.05) is 25.4 Å². The first-order valence-corrected chi connectivity index (χ1v) is 10.3. The zero-order valence-corrected chi connectivity index (χ0v) is 17.2. The number of carboxylic acid groups (broad SMARTS) is 1. The van der Waals surface area contributed by atoms with E-state index in [1.165, 1.54) is 5.56 Å². The minimum Gasteiger partial charge on any atom is -0.480 e. The number of hydrogen-bond acceptors (Lipinski definition) is 4. The molecule has 0 spiro atoms. The Hall–Kier alpha value is -1.73. The fourth-order valence-electron chi connectivity index (χ4n) is 3.25. The van der Waals surface area contributed by atoms with Gasteiger partial charge in [-0.2, -0.15) is 12.6 Å². The lowest BCUT2D eigenvalue weighted by molar-refractivity contribution is -0.139. The summed E-state index contributed by atoms with van der Waals surface area (Å²) in [6.45, 7) is 7.48. The molecule has 2 unspecified atom stereocenters. The summed E-state index contributed by atoms with van der Waals surface area (Å²) >= 11 is 4.23. The molecule has 0 radical (unpaired) electrons. The molecule has 2 rings (SSSR count). The lowest BCUT2D eigenvalue weighted by Crippen LogP contribution is -2.48. The maximum atomic E-state index is 11.6. The molecule has 1 aromatic carbocycles. The highest BCUT2D eigenvalue weighted by Crippen LogP contribution is 2.16. The summed E-state index contributed by atoms with van der Waals surface area (Å²) in [4.78, 5) is 18.7. The minimum absolute atomic E-state index is 0.164. The molecule has 0 bridgehead atoms. The molecule has 2 atom stereocenters. The molecule has 1 fully saturated rings. The van der Waals surface area contributed by atoms with Gasteiger partial charge in [-0.05, 0) is 24.3 Å². The van der Waals surface area contributed by atoms with E-state index >= 15 is 0 Å². The van der Waals surface area contributed by atoms with Gasteiger partial charge in [0.05, 0.1) is 6.04 Å². The molecule has 0 amide bonds. The topological polar surface area (TPSA) is 77.0 Å². The highest BCUT2D eigenvalue weighted by molar-refractivity contribution is 7.80. The second kappa shape index (κ2) is 11.2. The van der Waals surface area contributed by atoms with Gasteiger partial charge in [0.15, 0.2) is 5.96 Å². The Kier molecular flexibility index (Phi) is 8.94. The first-order valence-electron chi connectivity index (χ1n) is 9.66. The van der Waals surface area contributed by atoms with E-state index in [1.807, 2.05) is 19.9 Å². The van der Waals surface area contributed by atoms with Crippen LogP contribution >= 0.6 is 12.6 Å². The van der Waals surface area contributed by atoms with Crippen LogP contribution in [0.25, 0.3) is 0 Å².